The number of carbonyl (C=O) groups is 4. The molecule has 4 saturated heterocycles. The minimum atomic E-state index is -1.06. The molecular formula is C27H41N11O6S. The maximum Gasteiger partial charge on any atom is 0.327 e. The number of carboxylic acids is 1. The van der Waals surface area contributed by atoms with Crippen molar-refractivity contribution in [1.29, 1.82) is 5.41 Å². The lowest BCUT2D eigenvalue weighted by atomic mass is 9.78. The Morgan fingerprint density at radius 3 is 2.76 bits per heavy atom. The van der Waals surface area contributed by atoms with Crippen LogP contribution in [0.15, 0.2) is 6.33 Å². The number of amides is 3. The molecule has 0 aromatic carbocycles. The molecule has 0 spiro atoms. The summed E-state index contributed by atoms with van der Waals surface area (Å²) >= 11 is 1.53. The predicted octanol–water partition coefficient (Wildman–Crippen LogP) is -2.98. The van der Waals surface area contributed by atoms with Crippen LogP contribution in [0.5, 0.6) is 0 Å². The second-order valence-electron chi connectivity index (χ2n) is 13.3. The number of hydrogen-bond donors (Lipinski definition) is 7. The third-order valence-corrected chi connectivity index (χ3v) is 12.3. The monoisotopic (exact) mass is 647 g/mol. The van der Waals surface area contributed by atoms with Crippen molar-refractivity contribution in [2.75, 3.05) is 26.2 Å². The van der Waals surface area contributed by atoms with E-state index >= 15 is 0 Å². The van der Waals surface area contributed by atoms with Gasteiger partial charge in [-0.05, 0) is 48.4 Å². The molecule has 1 aliphatic carbocycles. The Hall–Kier alpha value is -3.51. The first-order valence-electron chi connectivity index (χ1n) is 15.4. The number of fused-ring (bicyclic) bond motifs is 2. The van der Waals surface area contributed by atoms with Crippen LogP contribution >= 0.6 is 11.8 Å². The topological polar surface area (TPSA) is 245 Å². The molecule has 1 aromatic rings. The molecule has 18 heteroatoms. The smallest absolute Gasteiger partial charge is 0.327 e. The molecule has 3 unspecified atom stereocenters. The zero-order valence-electron chi connectivity index (χ0n) is 25.2. The second kappa shape index (κ2) is 12.0. The minimum Gasteiger partial charge on any atom is -0.480 e. The van der Waals surface area contributed by atoms with Gasteiger partial charge in [-0.2, -0.15) is 11.8 Å². The summed E-state index contributed by atoms with van der Waals surface area (Å²) in [4.78, 5) is 55.2. The van der Waals surface area contributed by atoms with Gasteiger partial charge in [0.25, 0.3) is 0 Å². The number of tetrazole rings is 1. The van der Waals surface area contributed by atoms with E-state index in [0.29, 0.717) is 32.5 Å². The normalized spacial score (nSPS) is 37.6. The van der Waals surface area contributed by atoms with Crippen LogP contribution in [0.3, 0.4) is 0 Å². The summed E-state index contributed by atoms with van der Waals surface area (Å²) in [5.41, 5.74) is 5.10. The number of likely N-dealkylation sites (tertiary alicyclic amines) is 1. The fourth-order valence-electron chi connectivity index (χ4n) is 8.54. The van der Waals surface area contributed by atoms with E-state index in [1.807, 2.05) is 11.8 Å². The third-order valence-electron chi connectivity index (χ3n) is 10.5. The number of carboxylic acid groups (broad SMARTS) is 1. The SMILES string of the molecule is C[C@@H](NC(=O)Cn1cnnn1)[C@H]1C(=O)N2C(C(=O)O)C(S[C@@H]3CN[C@H](C(=O)N4CC5C[C@@H](NC(=N)N)C[C@]5(CO)C4)C3)[C@H](C)[C@H]12. The average Bonchev–Trinajstić information content (AvgIpc) is 3.78. The average molecular weight is 648 g/mol. The van der Waals surface area contributed by atoms with Crippen molar-refractivity contribution in [1.82, 2.24) is 46.0 Å². The Morgan fingerprint density at radius 2 is 2.11 bits per heavy atom. The van der Waals surface area contributed by atoms with Crippen LogP contribution in [-0.4, -0.2) is 137 Å². The summed E-state index contributed by atoms with van der Waals surface area (Å²) in [6.45, 7) is 5.11. The van der Waals surface area contributed by atoms with Crippen LogP contribution in [0, 0.1) is 28.6 Å². The molecule has 5 fully saturated rings. The Kier molecular flexibility index (Phi) is 8.40. The molecule has 0 radical (unpaired) electrons. The summed E-state index contributed by atoms with van der Waals surface area (Å²) in [6, 6.07) is -2.23. The number of aliphatic carboxylic acids is 1. The van der Waals surface area contributed by atoms with E-state index < -0.39 is 35.4 Å². The molecule has 8 N–H and O–H groups in total. The molecule has 4 aliphatic heterocycles. The van der Waals surface area contributed by atoms with Crippen molar-refractivity contribution >= 4 is 41.4 Å². The van der Waals surface area contributed by atoms with Crippen molar-refractivity contribution in [3.05, 3.63) is 6.33 Å². The van der Waals surface area contributed by atoms with Gasteiger partial charge >= 0.3 is 5.97 Å². The zero-order chi connectivity index (χ0) is 32.2. The molecule has 246 valence electrons. The maximum absolute atomic E-state index is 13.6. The number of hydrogen-bond acceptors (Lipinski definition) is 11. The lowest BCUT2D eigenvalue weighted by molar-refractivity contribution is -0.166. The molecule has 6 rings (SSSR count). The van der Waals surface area contributed by atoms with Gasteiger partial charge in [-0.15, -0.1) is 5.10 Å². The van der Waals surface area contributed by atoms with Crippen molar-refractivity contribution in [2.24, 2.45) is 28.9 Å². The van der Waals surface area contributed by atoms with E-state index in [1.54, 1.807) is 6.92 Å². The Labute approximate surface area is 263 Å². The molecule has 1 aromatic heterocycles. The molecule has 11 atom stereocenters. The van der Waals surface area contributed by atoms with Crippen LogP contribution in [0.2, 0.25) is 0 Å². The lowest BCUT2D eigenvalue weighted by Gasteiger charge is -2.48. The molecular weight excluding hydrogens is 606 g/mol. The second-order valence-corrected chi connectivity index (χ2v) is 14.8. The van der Waals surface area contributed by atoms with E-state index in [4.69, 9.17) is 11.1 Å². The van der Waals surface area contributed by atoms with Gasteiger partial charge in [0.15, 0.2) is 5.96 Å². The summed E-state index contributed by atoms with van der Waals surface area (Å²) in [5, 5.41) is 47.4. The number of nitrogens with two attached hydrogens (primary N) is 1. The van der Waals surface area contributed by atoms with Gasteiger partial charge in [-0.1, -0.05) is 6.92 Å². The van der Waals surface area contributed by atoms with Gasteiger partial charge < -0.3 is 41.7 Å². The number of aliphatic hydroxyl groups is 1. The van der Waals surface area contributed by atoms with Gasteiger partial charge in [0.1, 0.15) is 18.9 Å². The number of nitrogens with zero attached hydrogens (tertiary/aromatic N) is 6. The van der Waals surface area contributed by atoms with Gasteiger partial charge in [-0.25, -0.2) is 9.48 Å². The first-order chi connectivity index (χ1) is 21.4. The highest BCUT2D eigenvalue weighted by molar-refractivity contribution is 8.00. The predicted molar refractivity (Wildman–Crippen MR) is 159 cm³/mol. The van der Waals surface area contributed by atoms with Crippen molar-refractivity contribution in [3.63, 3.8) is 0 Å². The highest BCUT2D eigenvalue weighted by Gasteiger charge is 2.65. The largest absolute Gasteiger partial charge is 0.480 e. The summed E-state index contributed by atoms with van der Waals surface area (Å²) in [7, 11) is 0. The zero-order valence-corrected chi connectivity index (χ0v) is 26.0. The van der Waals surface area contributed by atoms with E-state index in [1.165, 1.54) is 27.7 Å². The van der Waals surface area contributed by atoms with Crippen molar-refractivity contribution in [2.45, 2.75) is 80.4 Å². The van der Waals surface area contributed by atoms with E-state index in [0.717, 1.165) is 6.42 Å². The first kappa shape index (κ1) is 31.5. The molecule has 0 bridgehead atoms. The number of aliphatic hydroxyl groups excluding tert-OH is 1. The van der Waals surface area contributed by atoms with E-state index in [2.05, 4.69) is 31.5 Å². The Bertz CT molecular complexity index is 1350. The molecule has 45 heavy (non-hydrogen) atoms. The first-order valence-corrected chi connectivity index (χ1v) is 16.3. The standard InChI is InChI=1S/C27H41N11O6S/c1-12-20-19(13(2)32-18(40)8-37-11-31-34-35-37)24(42)38(20)21(25(43)44)22(12)45-16-4-17(30-6-16)23(41)36-7-14-3-15(33-26(28)29)5-27(14,9-36)10-39/h11-17,19-22,30,39H,3-10H2,1-2H3,(H,32,40)(H,43,44)(H4,28,29,33)/t12-,13-,14?,15-,16+,17+,19-,20-,21?,22?,27-/m1/s1. The molecule has 3 amide bonds. The van der Waals surface area contributed by atoms with Crippen LogP contribution in [0.4, 0.5) is 0 Å². The highest BCUT2D eigenvalue weighted by atomic mass is 32.2. The number of thioether (sulfide) groups is 1. The van der Waals surface area contributed by atoms with Gasteiger partial charge in [0.2, 0.25) is 17.7 Å². The number of β-lactam (4-membered cyclic amide) rings is 1. The molecule has 1 saturated carbocycles. The van der Waals surface area contributed by atoms with Crippen molar-refractivity contribution < 1.29 is 29.4 Å². The van der Waals surface area contributed by atoms with Crippen LogP contribution in [0.25, 0.3) is 0 Å². The summed E-state index contributed by atoms with van der Waals surface area (Å²) < 4.78 is 1.28. The summed E-state index contributed by atoms with van der Waals surface area (Å²) in [5.74, 6) is -2.37. The van der Waals surface area contributed by atoms with E-state index in [9.17, 15) is 29.4 Å². The summed E-state index contributed by atoms with van der Waals surface area (Å²) in [6.07, 6.45) is 3.23. The van der Waals surface area contributed by atoms with Crippen LogP contribution in [0.1, 0.15) is 33.1 Å². The number of carbonyl (C=O) groups excluding carboxylic acids is 3. The fraction of sp³-hybridized carbons (Fsp3) is 0.778. The highest BCUT2D eigenvalue weighted by Crippen LogP contribution is 2.51. The number of guanidine groups is 1. The third kappa shape index (κ3) is 5.60. The fourth-order valence-corrected chi connectivity index (χ4v) is 10.3. The number of aromatic nitrogens is 4. The quantitative estimate of drug-likeness (QED) is 0.0763. The maximum atomic E-state index is 13.6. The Balaban J connectivity index is 1.05. The molecule has 17 nitrogen and oxygen atoms in total. The van der Waals surface area contributed by atoms with Gasteiger partial charge in [0, 0.05) is 53.7 Å². The van der Waals surface area contributed by atoms with E-state index in [-0.39, 0.29) is 71.3 Å². The molecule has 5 aliphatic rings. The minimum absolute atomic E-state index is 0.00632. The number of nitrogens with one attached hydrogen (secondary N) is 4. The molecule has 5 heterocycles. The Morgan fingerprint density at radius 1 is 1.33 bits per heavy atom. The lowest BCUT2D eigenvalue weighted by Crippen LogP contribution is -2.68. The van der Waals surface area contributed by atoms with Crippen LogP contribution in [-0.2, 0) is 25.7 Å². The number of rotatable bonds is 10. The van der Waals surface area contributed by atoms with Crippen LogP contribution < -0.4 is 21.7 Å². The van der Waals surface area contributed by atoms with Gasteiger partial charge in [-0.3, -0.25) is 19.8 Å². The van der Waals surface area contributed by atoms with Gasteiger partial charge in [0.05, 0.1) is 18.6 Å². The van der Waals surface area contributed by atoms with Crippen molar-refractivity contribution in [3.8, 4) is 0 Å².